The Labute approximate surface area is 172 Å². The Morgan fingerprint density at radius 1 is 1.20 bits per heavy atom. The van der Waals surface area contributed by atoms with Gasteiger partial charge in [-0.15, -0.1) is 16.4 Å². The molecule has 152 valence electrons. The minimum atomic E-state index is -3.98. The van der Waals surface area contributed by atoms with Crippen LogP contribution in [0.15, 0.2) is 62.0 Å². The van der Waals surface area contributed by atoms with Crippen LogP contribution in [0.2, 0.25) is 0 Å². The average molecular weight is 443 g/mol. The molecule has 30 heavy (non-hydrogen) atoms. The number of benzene rings is 2. The Morgan fingerprint density at radius 3 is 2.77 bits per heavy atom. The first-order valence-electron chi connectivity index (χ1n) is 8.57. The van der Waals surface area contributed by atoms with Crippen molar-refractivity contribution in [2.45, 2.75) is 4.90 Å². The third kappa shape index (κ3) is 3.11. The highest BCUT2D eigenvalue weighted by Gasteiger charge is 2.20. The number of H-pyrrole nitrogens is 1. The van der Waals surface area contributed by atoms with Crippen LogP contribution >= 0.6 is 11.3 Å². The molecule has 0 atom stereocenters. The minimum absolute atomic E-state index is 0.0628. The van der Waals surface area contributed by atoms with E-state index in [9.17, 15) is 13.2 Å². The number of ether oxygens (including phenoxy) is 1. The molecule has 0 radical (unpaired) electrons. The normalized spacial score (nSPS) is 11.9. The number of oxazole rings is 1. The van der Waals surface area contributed by atoms with Crippen molar-refractivity contribution in [2.75, 3.05) is 11.8 Å². The zero-order chi connectivity index (χ0) is 20.9. The van der Waals surface area contributed by atoms with Gasteiger partial charge in [0.25, 0.3) is 16.0 Å². The van der Waals surface area contributed by atoms with Crippen molar-refractivity contribution in [2.24, 2.45) is 0 Å². The lowest BCUT2D eigenvalue weighted by Crippen LogP contribution is -2.14. The number of hydrogen-bond donors (Lipinski definition) is 2. The standard InChI is InChI=1S/C18H13N5O5S2/c1-27-11-4-2-10(3-5-11)14-9-29-17-20-16(21-23(14)17)22-30(25,26)12-6-7-13-15(8-12)28-18(24)19-13/h2-9H,1H3,(H,19,24)(H,21,22). The highest BCUT2D eigenvalue weighted by Crippen LogP contribution is 2.28. The Bertz CT molecular complexity index is 1540. The molecule has 0 saturated carbocycles. The van der Waals surface area contributed by atoms with Gasteiger partial charge in [-0.2, -0.15) is 4.98 Å². The summed E-state index contributed by atoms with van der Waals surface area (Å²) in [6.07, 6.45) is 0. The molecule has 2 N–H and O–H groups in total. The number of hydrogen-bond acceptors (Lipinski definition) is 8. The van der Waals surface area contributed by atoms with Crippen LogP contribution in [-0.4, -0.2) is 35.1 Å². The lowest BCUT2D eigenvalue weighted by Gasteiger charge is -2.04. The second-order valence-corrected chi connectivity index (χ2v) is 8.78. The highest BCUT2D eigenvalue weighted by atomic mass is 32.2. The summed E-state index contributed by atoms with van der Waals surface area (Å²) in [5.41, 5.74) is 2.20. The highest BCUT2D eigenvalue weighted by molar-refractivity contribution is 7.92. The van der Waals surface area contributed by atoms with E-state index >= 15 is 0 Å². The summed E-state index contributed by atoms with van der Waals surface area (Å²) in [6, 6.07) is 11.5. The fourth-order valence-corrected chi connectivity index (χ4v) is 4.74. The minimum Gasteiger partial charge on any atom is -0.497 e. The van der Waals surface area contributed by atoms with Crippen LogP contribution in [0.1, 0.15) is 0 Å². The average Bonchev–Trinajstić information content (AvgIpc) is 3.40. The van der Waals surface area contributed by atoms with Crippen molar-refractivity contribution in [1.82, 2.24) is 19.6 Å². The monoisotopic (exact) mass is 443 g/mol. The van der Waals surface area contributed by atoms with Crippen LogP contribution < -0.4 is 15.2 Å². The quantitative estimate of drug-likeness (QED) is 0.427. The van der Waals surface area contributed by atoms with E-state index in [0.29, 0.717) is 10.5 Å². The summed E-state index contributed by atoms with van der Waals surface area (Å²) in [4.78, 5) is 18.4. The Kier molecular flexibility index (Phi) is 4.11. The predicted octanol–water partition coefficient (Wildman–Crippen LogP) is 2.70. The Morgan fingerprint density at radius 2 is 2.00 bits per heavy atom. The number of sulfonamides is 1. The van der Waals surface area contributed by atoms with E-state index < -0.39 is 15.8 Å². The Balaban J connectivity index is 1.48. The predicted molar refractivity (Wildman–Crippen MR) is 110 cm³/mol. The van der Waals surface area contributed by atoms with E-state index in [1.54, 1.807) is 11.6 Å². The summed E-state index contributed by atoms with van der Waals surface area (Å²) in [5, 5.41) is 6.17. The van der Waals surface area contributed by atoms with Crippen molar-refractivity contribution >= 4 is 43.4 Å². The smallest absolute Gasteiger partial charge is 0.417 e. The molecule has 2 aromatic carbocycles. The molecule has 0 aliphatic rings. The van der Waals surface area contributed by atoms with E-state index in [-0.39, 0.29) is 16.4 Å². The van der Waals surface area contributed by atoms with E-state index in [4.69, 9.17) is 9.15 Å². The first kappa shape index (κ1) is 18.4. The van der Waals surface area contributed by atoms with Gasteiger partial charge in [-0.05, 0) is 36.4 Å². The third-order valence-corrected chi connectivity index (χ3v) is 6.54. The van der Waals surface area contributed by atoms with Crippen LogP contribution in [0.5, 0.6) is 5.75 Å². The van der Waals surface area contributed by atoms with Crippen molar-refractivity contribution in [3.8, 4) is 17.0 Å². The fourth-order valence-electron chi connectivity index (χ4n) is 2.96. The van der Waals surface area contributed by atoms with E-state index in [2.05, 4.69) is 19.8 Å². The molecule has 12 heteroatoms. The molecular formula is C18H13N5O5S2. The number of thiazole rings is 1. The molecule has 0 amide bonds. The van der Waals surface area contributed by atoms with Gasteiger partial charge in [0.15, 0.2) is 5.58 Å². The number of nitrogens with zero attached hydrogens (tertiary/aromatic N) is 3. The maximum atomic E-state index is 12.7. The summed E-state index contributed by atoms with van der Waals surface area (Å²) in [5.74, 6) is 0.00860. The molecule has 0 unspecified atom stereocenters. The molecule has 10 nitrogen and oxygen atoms in total. The molecule has 0 aliphatic carbocycles. The number of anilines is 1. The number of aromatic nitrogens is 4. The second-order valence-electron chi connectivity index (χ2n) is 6.26. The van der Waals surface area contributed by atoms with Crippen LogP contribution in [0.4, 0.5) is 5.95 Å². The van der Waals surface area contributed by atoms with Gasteiger partial charge in [0.1, 0.15) is 5.75 Å². The fraction of sp³-hybridized carbons (Fsp3) is 0.0556. The second kappa shape index (κ2) is 6.71. The van der Waals surface area contributed by atoms with Crippen LogP contribution in [0, 0.1) is 0 Å². The molecule has 0 fully saturated rings. The molecule has 0 saturated heterocycles. The SMILES string of the molecule is COc1ccc(-c2csc3nc(NS(=O)(=O)c4ccc5[nH]c(=O)oc5c4)nn23)cc1. The first-order valence-corrected chi connectivity index (χ1v) is 10.9. The van der Waals surface area contributed by atoms with Gasteiger partial charge in [-0.1, -0.05) is 0 Å². The molecule has 5 rings (SSSR count). The zero-order valence-electron chi connectivity index (χ0n) is 15.3. The summed E-state index contributed by atoms with van der Waals surface area (Å²) < 4.78 is 39.5. The number of rotatable bonds is 5. The van der Waals surface area contributed by atoms with Crippen molar-refractivity contribution < 1.29 is 17.6 Å². The van der Waals surface area contributed by atoms with Gasteiger partial charge in [0.05, 0.1) is 23.2 Å². The van der Waals surface area contributed by atoms with Gasteiger partial charge in [-0.3, -0.25) is 4.98 Å². The first-order chi connectivity index (χ1) is 14.4. The van der Waals surface area contributed by atoms with E-state index in [0.717, 1.165) is 17.0 Å². The van der Waals surface area contributed by atoms with Gasteiger partial charge in [0, 0.05) is 17.0 Å². The van der Waals surface area contributed by atoms with Gasteiger partial charge >= 0.3 is 5.76 Å². The van der Waals surface area contributed by atoms with Crippen LogP contribution in [0.3, 0.4) is 0 Å². The van der Waals surface area contributed by atoms with E-state index in [1.165, 1.54) is 29.5 Å². The van der Waals surface area contributed by atoms with Crippen LogP contribution in [-0.2, 0) is 10.0 Å². The van der Waals surface area contributed by atoms with Crippen molar-refractivity contribution in [3.05, 3.63) is 58.4 Å². The lowest BCUT2D eigenvalue weighted by molar-refractivity contribution is 0.415. The maximum absolute atomic E-state index is 12.7. The summed E-state index contributed by atoms with van der Waals surface area (Å²) in [6.45, 7) is 0. The molecular weight excluding hydrogens is 430 g/mol. The molecule has 3 aromatic heterocycles. The molecule has 0 bridgehead atoms. The maximum Gasteiger partial charge on any atom is 0.417 e. The number of aromatic amines is 1. The molecule has 5 aromatic rings. The molecule has 0 aliphatic heterocycles. The number of methoxy groups -OCH3 is 1. The van der Waals surface area contributed by atoms with E-state index in [1.807, 2.05) is 29.6 Å². The van der Waals surface area contributed by atoms with Gasteiger partial charge in [-0.25, -0.2) is 22.4 Å². The van der Waals surface area contributed by atoms with Gasteiger partial charge < -0.3 is 9.15 Å². The topological polar surface area (TPSA) is 132 Å². The van der Waals surface area contributed by atoms with Crippen molar-refractivity contribution in [1.29, 1.82) is 0 Å². The van der Waals surface area contributed by atoms with Gasteiger partial charge in [0.2, 0.25) is 4.96 Å². The van der Waals surface area contributed by atoms with Crippen LogP contribution in [0.25, 0.3) is 27.3 Å². The number of nitrogens with one attached hydrogen (secondary N) is 2. The summed E-state index contributed by atoms with van der Waals surface area (Å²) >= 11 is 1.34. The largest absolute Gasteiger partial charge is 0.497 e. The lowest BCUT2D eigenvalue weighted by atomic mass is 10.2. The third-order valence-electron chi connectivity index (χ3n) is 4.40. The summed E-state index contributed by atoms with van der Waals surface area (Å²) in [7, 11) is -2.39. The number of fused-ring (bicyclic) bond motifs is 2. The Hall–Kier alpha value is -3.64. The molecule has 0 spiro atoms. The van der Waals surface area contributed by atoms with Crippen molar-refractivity contribution in [3.63, 3.8) is 0 Å². The molecule has 3 heterocycles. The zero-order valence-corrected chi connectivity index (χ0v) is 17.0.